The van der Waals surface area contributed by atoms with E-state index >= 15 is 0 Å². The van der Waals surface area contributed by atoms with Gasteiger partial charge in [0.1, 0.15) is 11.9 Å². The van der Waals surface area contributed by atoms with Gasteiger partial charge >= 0.3 is 0 Å². The third kappa shape index (κ3) is 3.71. The predicted octanol–water partition coefficient (Wildman–Crippen LogP) is 2.04. The summed E-state index contributed by atoms with van der Waals surface area (Å²) in [6.07, 6.45) is 2.43. The van der Waals surface area contributed by atoms with Crippen molar-refractivity contribution in [3.05, 3.63) is 35.6 Å². The molecule has 0 spiro atoms. The normalized spacial score (nSPS) is 32.6. The molecule has 176 valence electrons. The molecule has 0 radical (unpaired) electrons. The predicted molar refractivity (Wildman–Crippen MR) is 120 cm³/mol. The smallest absolute Gasteiger partial charge is 0.242 e. The van der Waals surface area contributed by atoms with Gasteiger partial charge in [-0.15, -0.1) is 0 Å². The van der Waals surface area contributed by atoms with Crippen molar-refractivity contribution in [2.45, 2.75) is 76.3 Å². The van der Waals surface area contributed by atoms with Gasteiger partial charge in [0, 0.05) is 25.2 Å². The Bertz CT molecular complexity index is 1000. The number of nitrogens with zero attached hydrogens (tertiary/aromatic N) is 4. The molecule has 5 rings (SSSR count). The second-order valence-electron chi connectivity index (χ2n) is 11.2. The van der Waals surface area contributed by atoms with Crippen LogP contribution in [0.5, 0.6) is 0 Å². The van der Waals surface area contributed by atoms with E-state index in [4.69, 9.17) is 5.73 Å². The van der Waals surface area contributed by atoms with Crippen LogP contribution in [0.2, 0.25) is 0 Å². The van der Waals surface area contributed by atoms with Gasteiger partial charge in [0.05, 0.1) is 24.2 Å². The summed E-state index contributed by atoms with van der Waals surface area (Å²) in [5.74, 6) is 0.0372. The molecule has 1 aliphatic carbocycles. The molecule has 1 aromatic carbocycles. The second kappa shape index (κ2) is 7.78. The molecule has 33 heavy (non-hydrogen) atoms. The van der Waals surface area contributed by atoms with Crippen molar-refractivity contribution >= 4 is 11.8 Å². The average molecular weight is 454 g/mol. The first-order chi connectivity index (χ1) is 15.6. The summed E-state index contributed by atoms with van der Waals surface area (Å²) in [6.45, 7) is 7.28. The molecule has 2 amide bonds. The summed E-state index contributed by atoms with van der Waals surface area (Å²) >= 11 is 0. The highest BCUT2D eigenvalue weighted by molar-refractivity contribution is 5.87. The standard InChI is InChI=1S/C25H32FN5O2/c1-25(2,3)22(14-4-6-16(26)7-5-14)31-18-10-21(24(31)33)29(12-18)13-19(28)23(32)30-17(11-27)8-15-9-20(15)30/h4-7,15,17-22H,8-10,12-13,28H2,1-3H3/t15-,17+,18?,19+,20+,21+,22+/m1/s1. The van der Waals surface area contributed by atoms with E-state index in [0.29, 0.717) is 25.4 Å². The largest absolute Gasteiger partial charge is 0.329 e. The van der Waals surface area contributed by atoms with E-state index in [1.807, 2.05) is 9.80 Å². The Morgan fingerprint density at radius 3 is 2.55 bits per heavy atom. The summed E-state index contributed by atoms with van der Waals surface area (Å²) in [5.41, 5.74) is 7.02. The third-order valence-corrected chi connectivity index (χ3v) is 7.85. The SMILES string of the molecule is CC(C)(C)[C@H](c1ccc(F)cc1)N1C(=O)[C@@H]2CC1CN2C[C@H](N)C(=O)N1[C@H](C#N)C[C@@H]2C[C@@H]21. The molecule has 1 aromatic rings. The van der Waals surface area contributed by atoms with Crippen molar-refractivity contribution in [2.75, 3.05) is 13.1 Å². The fourth-order valence-corrected chi connectivity index (χ4v) is 6.36. The van der Waals surface area contributed by atoms with Crippen LogP contribution in [-0.4, -0.2) is 69.8 Å². The summed E-state index contributed by atoms with van der Waals surface area (Å²) in [6, 6.07) is 7.30. The topological polar surface area (TPSA) is 93.7 Å². The van der Waals surface area contributed by atoms with Gasteiger partial charge < -0.3 is 15.5 Å². The minimum atomic E-state index is -0.740. The van der Waals surface area contributed by atoms with Crippen molar-refractivity contribution < 1.29 is 14.0 Å². The van der Waals surface area contributed by atoms with Gasteiger partial charge in [-0.2, -0.15) is 5.26 Å². The molecule has 8 heteroatoms. The van der Waals surface area contributed by atoms with Crippen LogP contribution in [0.1, 0.15) is 51.6 Å². The second-order valence-corrected chi connectivity index (χ2v) is 11.2. The number of hydrogen-bond donors (Lipinski definition) is 1. The number of halogens is 1. The molecule has 4 fully saturated rings. The van der Waals surface area contributed by atoms with Gasteiger partial charge in [-0.1, -0.05) is 32.9 Å². The summed E-state index contributed by atoms with van der Waals surface area (Å²) in [7, 11) is 0. The minimum Gasteiger partial charge on any atom is -0.329 e. The van der Waals surface area contributed by atoms with E-state index in [0.717, 1.165) is 18.4 Å². The van der Waals surface area contributed by atoms with E-state index in [2.05, 4.69) is 26.8 Å². The molecule has 7 nitrogen and oxygen atoms in total. The number of piperidine rings is 1. The fourth-order valence-electron chi connectivity index (χ4n) is 6.36. The first-order valence-electron chi connectivity index (χ1n) is 11.9. The van der Waals surface area contributed by atoms with Crippen LogP contribution in [0.25, 0.3) is 0 Å². The van der Waals surface area contributed by atoms with Gasteiger partial charge in [0.2, 0.25) is 11.8 Å². The minimum absolute atomic E-state index is 0.0329. The van der Waals surface area contributed by atoms with E-state index in [1.165, 1.54) is 12.1 Å². The summed E-state index contributed by atoms with van der Waals surface area (Å²) in [4.78, 5) is 32.3. The molecule has 3 heterocycles. The molecule has 2 N–H and O–H groups in total. The van der Waals surface area contributed by atoms with Crippen LogP contribution in [-0.2, 0) is 9.59 Å². The first kappa shape index (κ1) is 22.3. The van der Waals surface area contributed by atoms with Crippen LogP contribution < -0.4 is 5.73 Å². The van der Waals surface area contributed by atoms with E-state index < -0.39 is 6.04 Å². The highest BCUT2D eigenvalue weighted by Crippen LogP contribution is 2.48. The van der Waals surface area contributed by atoms with Crippen molar-refractivity contribution in [1.29, 1.82) is 5.26 Å². The van der Waals surface area contributed by atoms with E-state index in [1.54, 1.807) is 17.0 Å². The third-order valence-electron chi connectivity index (χ3n) is 7.85. The van der Waals surface area contributed by atoms with Crippen molar-refractivity contribution in [3.8, 4) is 6.07 Å². The lowest BCUT2D eigenvalue weighted by Gasteiger charge is -2.45. The van der Waals surface area contributed by atoms with Crippen molar-refractivity contribution in [3.63, 3.8) is 0 Å². The molecule has 2 bridgehead atoms. The number of hydrogen-bond acceptors (Lipinski definition) is 5. The number of rotatable bonds is 5. The lowest BCUT2D eigenvalue weighted by molar-refractivity contribution is -0.143. The molecular formula is C25H32FN5O2. The van der Waals surface area contributed by atoms with Crippen LogP contribution in [0.15, 0.2) is 24.3 Å². The Kier molecular flexibility index (Phi) is 5.26. The van der Waals surface area contributed by atoms with Crippen LogP contribution >= 0.6 is 0 Å². The Morgan fingerprint density at radius 2 is 1.94 bits per heavy atom. The monoisotopic (exact) mass is 453 g/mol. The van der Waals surface area contributed by atoms with Crippen LogP contribution in [0.3, 0.4) is 0 Å². The van der Waals surface area contributed by atoms with Gasteiger partial charge in [-0.25, -0.2) is 4.39 Å². The lowest BCUT2D eigenvalue weighted by atomic mass is 9.80. The molecule has 3 saturated heterocycles. The number of piperazine rings is 1. The molecule has 7 atom stereocenters. The quantitative estimate of drug-likeness (QED) is 0.736. The molecule has 4 aliphatic rings. The van der Waals surface area contributed by atoms with Gasteiger partial charge in [-0.05, 0) is 48.3 Å². The number of carbonyl (C=O) groups is 2. The Hall–Kier alpha value is -2.50. The number of benzene rings is 1. The highest BCUT2D eigenvalue weighted by Gasteiger charge is 2.56. The van der Waals surface area contributed by atoms with Gasteiger partial charge in [-0.3, -0.25) is 14.5 Å². The maximum Gasteiger partial charge on any atom is 0.242 e. The zero-order valence-electron chi connectivity index (χ0n) is 19.4. The number of carbonyl (C=O) groups excluding carboxylic acids is 2. The molecular weight excluding hydrogens is 421 g/mol. The van der Waals surface area contributed by atoms with Gasteiger partial charge in [0.25, 0.3) is 0 Å². The Balaban J connectivity index is 1.29. The number of nitriles is 1. The number of amides is 2. The van der Waals surface area contributed by atoms with Crippen molar-refractivity contribution in [1.82, 2.24) is 14.7 Å². The maximum absolute atomic E-state index is 13.5. The Labute approximate surface area is 194 Å². The fraction of sp³-hybridized carbons (Fsp3) is 0.640. The maximum atomic E-state index is 13.5. The molecule has 1 unspecified atom stereocenters. The number of fused-ring (bicyclic) bond motifs is 3. The van der Waals surface area contributed by atoms with Crippen LogP contribution in [0.4, 0.5) is 4.39 Å². The van der Waals surface area contributed by atoms with Crippen LogP contribution in [0, 0.1) is 28.5 Å². The number of nitrogens with two attached hydrogens (primary N) is 1. The van der Waals surface area contributed by atoms with Gasteiger partial charge in [0.15, 0.2) is 0 Å². The average Bonchev–Trinajstić information content (AvgIpc) is 3.09. The molecule has 3 aliphatic heterocycles. The highest BCUT2D eigenvalue weighted by atomic mass is 19.1. The lowest BCUT2D eigenvalue weighted by Crippen LogP contribution is -2.58. The molecule has 1 saturated carbocycles. The summed E-state index contributed by atoms with van der Waals surface area (Å²) < 4.78 is 13.5. The zero-order chi connectivity index (χ0) is 23.7. The van der Waals surface area contributed by atoms with E-state index in [-0.39, 0.29) is 53.3 Å². The zero-order valence-corrected chi connectivity index (χ0v) is 19.4. The molecule has 0 aromatic heterocycles. The van der Waals surface area contributed by atoms with E-state index in [9.17, 15) is 19.2 Å². The number of likely N-dealkylation sites (tertiary alicyclic amines) is 3. The first-order valence-corrected chi connectivity index (χ1v) is 11.9. The van der Waals surface area contributed by atoms with Crippen molar-refractivity contribution in [2.24, 2.45) is 17.1 Å². The Morgan fingerprint density at radius 1 is 1.24 bits per heavy atom. The summed E-state index contributed by atoms with van der Waals surface area (Å²) in [5, 5.41) is 9.40.